The van der Waals surface area contributed by atoms with Crippen LogP contribution in [0, 0.1) is 19.8 Å². The van der Waals surface area contributed by atoms with E-state index < -0.39 is 17.5 Å². The minimum Gasteiger partial charge on any atom is -0.480 e. The first-order valence-corrected chi connectivity index (χ1v) is 7.11. The van der Waals surface area contributed by atoms with Crippen LogP contribution in [0.15, 0.2) is 18.2 Å². The molecule has 21 heavy (non-hydrogen) atoms. The zero-order valence-electron chi connectivity index (χ0n) is 12.9. The maximum atomic E-state index is 12.4. The molecule has 0 aromatic heterocycles. The number of nitrogens with one attached hydrogen (secondary N) is 1. The van der Waals surface area contributed by atoms with Gasteiger partial charge in [0.25, 0.3) is 0 Å². The van der Waals surface area contributed by atoms with Gasteiger partial charge in [0, 0.05) is 12.7 Å². The summed E-state index contributed by atoms with van der Waals surface area (Å²) in [5.41, 5.74) is 1.69. The third kappa shape index (κ3) is 3.17. The van der Waals surface area contributed by atoms with E-state index in [1.54, 1.807) is 14.0 Å². The van der Waals surface area contributed by atoms with Crippen LogP contribution in [-0.4, -0.2) is 29.7 Å². The average molecular weight is 290 g/mol. The molecule has 1 aromatic carbocycles. The second kappa shape index (κ2) is 5.39. The third-order valence-corrected chi connectivity index (χ3v) is 4.10. The number of aryl methyl sites for hydroxylation is 2. The molecule has 0 heterocycles. The summed E-state index contributed by atoms with van der Waals surface area (Å²) in [6.45, 7) is 5.52. The first kappa shape index (κ1) is 15.4. The fraction of sp³-hybridized carbons (Fsp3) is 0.500. The number of nitrogens with zero attached hydrogens (tertiary/aromatic N) is 1. The topological polar surface area (TPSA) is 69.6 Å². The van der Waals surface area contributed by atoms with Gasteiger partial charge in [0.15, 0.2) is 0 Å². The average Bonchev–Trinajstić information content (AvgIpc) is 3.20. The van der Waals surface area contributed by atoms with Crippen LogP contribution in [0.4, 0.5) is 10.5 Å². The molecule has 1 fully saturated rings. The molecular weight excluding hydrogens is 268 g/mol. The number of benzene rings is 1. The fourth-order valence-corrected chi connectivity index (χ4v) is 2.56. The Morgan fingerprint density at radius 1 is 1.24 bits per heavy atom. The Morgan fingerprint density at radius 3 is 2.19 bits per heavy atom. The normalized spacial score (nSPS) is 17.0. The van der Waals surface area contributed by atoms with Gasteiger partial charge in [-0.25, -0.2) is 9.59 Å². The molecule has 1 aliphatic carbocycles. The van der Waals surface area contributed by atoms with Crippen molar-refractivity contribution in [1.82, 2.24) is 5.32 Å². The molecule has 1 aromatic rings. The lowest BCUT2D eigenvalue weighted by Crippen LogP contribution is -2.57. The molecule has 0 bridgehead atoms. The number of hydrogen-bond acceptors (Lipinski definition) is 2. The zero-order chi connectivity index (χ0) is 15.8. The Balaban J connectivity index is 2.17. The van der Waals surface area contributed by atoms with Crippen molar-refractivity contribution in [3.63, 3.8) is 0 Å². The summed E-state index contributed by atoms with van der Waals surface area (Å²) in [4.78, 5) is 25.3. The van der Waals surface area contributed by atoms with E-state index in [1.165, 1.54) is 4.90 Å². The largest absolute Gasteiger partial charge is 0.480 e. The lowest BCUT2D eigenvalue weighted by atomic mass is 9.96. The van der Waals surface area contributed by atoms with Crippen LogP contribution < -0.4 is 10.2 Å². The van der Waals surface area contributed by atoms with Crippen LogP contribution in [-0.2, 0) is 4.79 Å². The maximum Gasteiger partial charge on any atom is 0.329 e. The lowest BCUT2D eigenvalue weighted by Gasteiger charge is -2.29. The van der Waals surface area contributed by atoms with Crippen molar-refractivity contribution in [2.75, 3.05) is 11.9 Å². The Labute approximate surface area is 125 Å². The molecule has 5 heteroatoms. The van der Waals surface area contributed by atoms with Crippen LogP contribution >= 0.6 is 0 Å². The van der Waals surface area contributed by atoms with Crippen LogP contribution in [0.5, 0.6) is 0 Å². The number of carbonyl (C=O) groups excluding carboxylic acids is 1. The van der Waals surface area contributed by atoms with Gasteiger partial charge < -0.3 is 10.4 Å². The van der Waals surface area contributed by atoms with Crippen molar-refractivity contribution in [1.29, 1.82) is 0 Å². The highest BCUT2D eigenvalue weighted by molar-refractivity contribution is 5.95. The van der Waals surface area contributed by atoms with Gasteiger partial charge in [0.1, 0.15) is 5.54 Å². The second-order valence-corrected chi connectivity index (χ2v) is 6.12. The second-order valence-electron chi connectivity index (χ2n) is 6.12. The van der Waals surface area contributed by atoms with E-state index in [4.69, 9.17) is 0 Å². The van der Waals surface area contributed by atoms with E-state index in [1.807, 2.05) is 32.0 Å². The summed E-state index contributed by atoms with van der Waals surface area (Å²) >= 11 is 0. The number of rotatable bonds is 4. The molecule has 5 nitrogen and oxygen atoms in total. The van der Waals surface area contributed by atoms with Gasteiger partial charge in [0.2, 0.25) is 0 Å². The number of hydrogen-bond donors (Lipinski definition) is 2. The van der Waals surface area contributed by atoms with Gasteiger partial charge in [-0.05, 0) is 62.8 Å². The highest BCUT2D eigenvalue weighted by atomic mass is 16.4. The molecule has 2 N–H and O–H groups in total. The molecule has 0 spiro atoms. The summed E-state index contributed by atoms with van der Waals surface area (Å²) in [5, 5.41) is 12.1. The van der Waals surface area contributed by atoms with Gasteiger partial charge in [0.05, 0.1) is 0 Å². The molecule has 0 aliphatic heterocycles. The SMILES string of the molecule is Cc1cc(C)cc(N(C)C(=O)NC(C)(C(=O)O)C2CC2)c1. The standard InChI is InChI=1S/C16H22N2O3/c1-10-7-11(2)9-13(8-10)18(4)15(21)17-16(3,14(19)20)12-5-6-12/h7-9,12H,5-6H2,1-4H3,(H,17,21)(H,19,20). The maximum absolute atomic E-state index is 12.4. The van der Waals surface area contributed by atoms with E-state index >= 15 is 0 Å². The monoisotopic (exact) mass is 290 g/mol. The van der Waals surface area contributed by atoms with Gasteiger partial charge in [-0.1, -0.05) is 6.07 Å². The van der Waals surface area contributed by atoms with Crippen molar-refractivity contribution in [3.8, 4) is 0 Å². The Hall–Kier alpha value is -2.04. The first-order valence-electron chi connectivity index (χ1n) is 7.11. The van der Waals surface area contributed by atoms with Gasteiger partial charge in [-0.15, -0.1) is 0 Å². The summed E-state index contributed by atoms with van der Waals surface area (Å²) < 4.78 is 0. The van der Waals surface area contributed by atoms with E-state index in [0.717, 1.165) is 29.7 Å². The van der Waals surface area contributed by atoms with E-state index in [0.29, 0.717) is 0 Å². The predicted molar refractivity (Wildman–Crippen MR) is 81.6 cm³/mol. The molecule has 0 radical (unpaired) electrons. The van der Waals surface area contributed by atoms with Crippen molar-refractivity contribution in [3.05, 3.63) is 29.3 Å². The quantitative estimate of drug-likeness (QED) is 0.895. The number of aliphatic carboxylic acids is 1. The molecule has 0 saturated heterocycles. The number of carboxylic acid groups (broad SMARTS) is 1. The molecule has 114 valence electrons. The van der Waals surface area contributed by atoms with E-state index in [9.17, 15) is 14.7 Å². The Kier molecular flexibility index (Phi) is 3.94. The number of carboxylic acids is 1. The van der Waals surface area contributed by atoms with Crippen LogP contribution in [0.25, 0.3) is 0 Å². The van der Waals surface area contributed by atoms with Crippen molar-refractivity contribution < 1.29 is 14.7 Å². The number of urea groups is 1. The van der Waals surface area contributed by atoms with Gasteiger partial charge in [-0.3, -0.25) is 4.90 Å². The number of anilines is 1. The third-order valence-electron chi connectivity index (χ3n) is 4.10. The van der Waals surface area contributed by atoms with Crippen LogP contribution in [0.1, 0.15) is 30.9 Å². The van der Waals surface area contributed by atoms with Crippen LogP contribution in [0.3, 0.4) is 0 Å². The minimum absolute atomic E-state index is 0.0200. The van der Waals surface area contributed by atoms with Gasteiger partial charge >= 0.3 is 12.0 Å². The first-order chi connectivity index (χ1) is 9.74. The zero-order valence-corrected chi connectivity index (χ0v) is 12.9. The summed E-state index contributed by atoms with van der Waals surface area (Å²) in [5.74, 6) is -0.959. The predicted octanol–water partition coefficient (Wildman–Crippen LogP) is 2.70. The highest BCUT2D eigenvalue weighted by Gasteiger charge is 2.49. The van der Waals surface area contributed by atoms with Crippen molar-refractivity contribution in [2.45, 2.75) is 39.2 Å². The smallest absolute Gasteiger partial charge is 0.329 e. The van der Waals surface area contributed by atoms with Crippen LogP contribution in [0.2, 0.25) is 0 Å². The Bertz CT molecular complexity index is 561. The summed E-state index contributed by atoms with van der Waals surface area (Å²) in [6.07, 6.45) is 1.69. The fourth-order valence-electron chi connectivity index (χ4n) is 2.56. The summed E-state index contributed by atoms with van der Waals surface area (Å²) in [6, 6.07) is 5.45. The Morgan fingerprint density at radius 2 is 1.76 bits per heavy atom. The number of carbonyl (C=O) groups is 2. The molecule has 2 rings (SSSR count). The number of amides is 2. The van der Waals surface area contributed by atoms with Crippen molar-refractivity contribution in [2.24, 2.45) is 5.92 Å². The molecule has 1 atom stereocenters. The minimum atomic E-state index is -1.19. The van der Waals surface area contributed by atoms with Gasteiger partial charge in [-0.2, -0.15) is 0 Å². The molecule has 1 unspecified atom stereocenters. The molecular formula is C16H22N2O3. The van der Waals surface area contributed by atoms with E-state index in [2.05, 4.69) is 5.32 Å². The summed E-state index contributed by atoms with van der Waals surface area (Å²) in [7, 11) is 1.65. The molecule has 1 aliphatic rings. The molecule has 2 amide bonds. The van der Waals surface area contributed by atoms with Crippen molar-refractivity contribution >= 4 is 17.7 Å². The molecule has 1 saturated carbocycles. The highest BCUT2D eigenvalue weighted by Crippen LogP contribution is 2.39. The van der Waals surface area contributed by atoms with E-state index in [-0.39, 0.29) is 5.92 Å². The lowest BCUT2D eigenvalue weighted by molar-refractivity contribution is -0.144.